The van der Waals surface area contributed by atoms with E-state index in [9.17, 15) is 9.90 Å². The van der Waals surface area contributed by atoms with Gasteiger partial charge >= 0.3 is 0 Å². The molecule has 70 valence electrons. The lowest BCUT2D eigenvalue weighted by atomic mass is 10.3. The molecule has 1 aromatic rings. The van der Waals surface area contributed by atoms with Crippen LogP contribution >= 0.6 is 11.8 Å². The van der Waals surface area contributed by atoms with E-state index in [1.807, 2.05) is 6.07 Å². The topological polar surface area (TPSA) is 69.9 Å². The second-order valence-electron chi connectivity index (χ2n) is 2.89. The summed E-state index contributed by atoms with van der Waals surface area (Å²) in [6.45, 7) is 0. The van der Waals surface area contributed by atoms with Gasteiger partial charge in [-0.3, -0.25) is 0 Å². The maximum Gasteiger partial charge on any atom is 0.192 e. The van der Waals surface area contributed by atoms with Crippen LogP contribution in [0.5, 0.6) is 0 Å². The summed E-state index contributed by atoms with van der Waals surface area (Å²) in [4.78, 5) is 10.5. The lowest BCUT2D eigenvalue weighted by Crippen LogP contribution is -2.90. The Morgan fingerprint density at radius 2 is 2.62 bits per heavy atom. The molecule has 0 bridgehead atoms. The SMILES string of the molecule is O=C([O-])[C@@H]1CS[C@H](c2ccco2)[NH2+]1. The van der Waals surface area contributed by atoms with E-state index in [0.29, 0.717) is 5.75 Å². The fraction of sp³-hybridized carbons (Fsp3) is 0.375. The lowest BCUT2D eigenvalue weighted by molar-refractivity contribution is -0.691. The third-order valence-corrected chi connectivity index (χ3v) is 3.29. The van der Waals surface area contributed by atoms with E-state index >= 15 is 0 Å². The smallest absolute Gasteiger partial charge is 0.192 e. The Kier molecular flexibility index (Phi) is 2.28. The molecule has 2 rings (SSSR count). The highest BCUT2D eigenvalue weighted by molar-refractivity contribution is 7.99. The van der Waals surface area contributed by atoms with Gasteiger partial charge in [0, 0.05) is 0 Å². The van der Waals surface area contributed by atoms with Gasteiger partial charge in [-0.25, -0.2) is 0 Å². The Labute approximate surface area is 79.3 Å². The summed E-state index contributed by atoms with van der Waals surface area (Å²) in [6, 6.07) is 3.21. The molecule has 0 saturated carbocycles. The number of furan rings is 1. The first kappa shape index (κ1) is 8.65. The first-order valence-electron chi connectivity index (χ1n) is 3.98. The molecule has 0 unspecified atom stereocenters. The number of carboxylic acid groups (broad SMARTS) is 1. The summed E-state index contributed by atoms with van der Waals surface area (Å²) in [5, 5.41) is 12.4. The lowest BCUT2D eigenvalue weighted by Gasteiger charge is -2.08. The van der Waals surface area contributed by atoms with Gasteiger partial charge in [0.1, 0.15) is 12.0 Å². The number of hydrogen-bond donors (Lipinski definition) is 1. The van der Waals surface area contributed by atoms with Gasteiger partial charge in [-0.2, -0.15) is 0 Å². The molecular weight excluding hydrogens is 190 g/mol. The number of aliphatic carboxylic acids is 1. The first-order chi connectivity index (χ1) is 6.27. The maximum atomic E-state index is 10.5. The van der Waals surface area contributed by atoms with Gasteiger partial charge in [0.2, 0.25) is 0 Å². The zero-order valence-electron chi connectivity index (χ0n) is 6.80. The van der Waals surface area contributed by atoms with Crippen LogP contribution in [0.4, 0.5) is 0 Å². The van der Waals surface area contributed by atoms with Crippen LogP contribution in [-0.4, -0.2) is 17.8 Å². The number of carboxylic acids is 1. The van der Waals surface area contributed by atoms with Crippen LogP contribution in [-0.2, 0) is 4.79 Å². The highest BCUT2D eigenvalue weighted by Crippen LogP contribution is 2.26. The van der Waals surface area contributed by atoms with E-state index in [2.05, 4.69) is 0 Å². The zero-order valence-corrected chi connectivity index (χ0v) is 7.62. The predicted octanol–water partition coefficient (Wildman–Crippen LogP) is -1.29. The number of quaternary nitrogens is 1. The summed E-state index contributed by atoms with van der Waals surface area (Å²) in [5.74, 6) is 0.392. The van der Waals surface area contributed by atoms with Crippen molar-refractivity contribution in [3.63, 3.8) is 0 Å². The van der Waals surface area contributed by atoms with Crippen LogP contribution in [0, 0.1) is 0 Å². The largest absolute Gasteiger partial charge is 0.544 e. The van der Waals surface area contributed by atoms with Crippen molar-refractivity contribution < 1.29 is 19.6 Å². The van der Waals surface area contributed by atoms with Crippen LogP contribution in [0.2, 0.25) is 0 Å². The first-order valence-corrected chi connectivity index (χ1v) is 5.03. The molecule has 2 atom stereocenters. The fourth-order valence-corrected chi connectivity index (χ4v) is 2.57. The highest BCUT2D eigenvalue weighted by Gasteiger charge is 2.32. The quantitative estimate of drug-likeness (QED) is 0.643. The molecule has 1 fully saturated rings. The van der Waals surface area contributed by atoms with Gasteiger partial charge in [-0.05, 0) is 12.1 Å². The van der Waals surface area contributed by atoms with Crippen molar-refractivity contribution in [2.75, 3.05) is 5.75 Å². The normalized spacial score (nSPS) is 27.7. The van der Waals surface area contributed by atoms with E-state index in [4.69, 9.17) is 4.42 Å². The van der Waals surface area contributed by atoms with Gasteiger partial charge in [0.25, 0.3) is 0 Å². The van der Waals surface area contributed by atoms with Crippen molar-refractivity contribution >= 4 is 17.7 Å². The minimum absolute atomic E-state index is 0.0675. The number of hydrogen-bond acceptors (Lipinski definition) is 4. The molecule has 1 aliphatic rings. The minimum atomic E-state index is -0.999. The van der Waals surface area contributed by atoms with E-state index in [-0.39, 0.29) is 5.37 Å². The van der Waals surface area contributed by atoms with Crippen LogP contribution in [0.25, 0.3) is 0 Å². The van der Waals surface area contributed by atoms with Crippen molar-refractivity contribution in [2.45, 2.75) is 11.4 Å². The van der Waals surface area contributed by atoms with Crippen molar-refractivity contribution in [1.29, 1.82) is 0 Å². The average Bonchev–Trinajstić information content (AvgIpc) is 2.75. The molecular formula is C8H9NO3S. The average molecular weight is 199 g/mol. The van der Waals surface area contributed by atoms with Crippen LogP contribution in [0.15, 0.2) is 22.8 Å². The van der Waals surface area contributed by atoms with E-state index in [1.165, 1.54) is 0 Å². The molecule has 1 aliphatic heterocycles. The molecule has 1 saturated heterocycles. The van der Waals surface area contributed by atoms with Crippen molar-refractivity contribution in [2.24, 2.45) is 0 Å². The molecule has 2 heterocycles. The van der Waals surface area contributed by atoms with Crippen LogP contribution < -0.4 is 10.4 Å². The fourth-order valence-electron chi connectivity index (χ4n) is 1.31. The second-order valence-corrected chi connectivity index (χ2v) is 4.06. The number of rotatable bonds is 2. The van der Waals surface area contributed by atoms with E-state index in [0.717, 1.165) is 5.76 Å². The van der Waals surface area contributed by atoms with Crippen LogP contribution in [0.3, 0.4) is 0 Å². The van der Waals surface area contributed by atoms with E-state index < -0.39 is 12.0 Å². The molecule has 0 aliphatic carbocycles. The van der Waals surface area contributed by atoms with Gasteiger partial charge in [0.15, 0.2) is 11.1 Å². The summed E-state index contributed by atoms with van der Waals surface area (Å²) < 4.78 is 5.18. The minimum Gasteiger partial charge on any atom is -0.544 e. The number of nitrogens with two attached hydrogens (primary N) is 1. The summed E-state index contributed by atoms with van der Waals surface area (Å²) in [7, 11) is 0. The summed E-state index contributed by atoms with van der Waals surface area (Å²) in [6.07, 6.45) is 1.59. The van der Waals surface area contributed by atoms with Gasteiger partial charge in [-0.1, -0.05) is 11.8 Å². The molecule has 0 spiro atoms. The molecule has 0 radical (unpaired) electrons. The third kappa shape index (κ3) is 1.71. The number of carbonyl (C=O) groups is 1. The number of thioether (sulfide) groups is 1. The standard InChI is InChI=1S/C8H9NO3S/c10-8(11)5-4-13-7(9-5)6-2-1-3-12-6/h1-3,5,7,9H,4H2,(H,10,11)/t5-,7+/m0/s1. The highest BCUT2D eigenvalue weighted by atomic mass is 32.2. The third-order valence-electron chi connectivity index (χ3n) is 1.99. The van der Waals surface area contributed by atoms with Gasteiger partial charge < -0.3 is 19.6 Å². The molecule has 0 amide bonds. The Balaban J connectivity index is 2.03. The predicted molar refractivity (Wildman–Crippen MR) is 44.6 cm³/mol. The van der Waals surface area contributed by atoms with E-state index in [1.54, 1.807) is 29.4 Å². The Hall–Kier alpha value is -0.940. The van der Waals surface area contributed by atoms with Crippen molar-refractivity contribution in [1.82, 2.24) is 0 Å². The van der Waals surface area contributed by atoms with Gasteiger partial charge in [-0.15, -0.1) is 0 Å². The Morgan fingerprint density at radius 3 is 3.15 bits per heavy atom. The maximum absolute atomic E-state index is 10.5. The number of carbonyl (C=O) groups excluding carboxylic acids is 1. The second kappa shape index (κ2) is 3.43. The summed E-state index contributed by atoms with van der Waals surface area (Å²) in [5.41, 5.74) is 0. The molecule has 1 aromatic heterocycles. The Morgan fingerprint density at radius 1 is 1.77 bits per heavy atom. The molecule has 13 heavy (non-hydrogen) atoms. The van der Waals surface area contributed by atoms with Crippen LogP contribution in [0.1, 0.15) is 11.1 Å². The van der Waals surface area contributed by atoms with Gasteiger partial charge in [0.05, 0.1) is 12.0 Å². The molecule has 2 N–H and O–H groups in total. The monoisotopic (exact) mass is 199 g/mol. The Bertz CT molecular complexity index is 298. The molecule has 0 aromatic carbocycles. The molecule has 4 nitrogen and oxygen atoms in total. The van der Waals surface area contributed by atoms with Crippen molar-refractivity contribution in [3.05, 3.63) is 24.2 Å². The van der Waals surface area contributed by atoms with Crippen molar-refractivity contribution in [3.8, 4) is 0 Å². The molecule has 5 heteroatoms. The summed E-state index contributed by atoms with van der Waals surface area (Å²) >= 11 is 1.57. The zero-order chi connectivity index (χ0) is 9.26.